The Labute approximate surface area is 152 Å². The van der Waals surface area contributed by atoms with E-state index in [0.29, 0.717) is 16.5 Å². The molecule has 0 fully saturated rings. The number of fused-ring (bicyclic) bond motifs is 1. The number of hydrogen-bond donors (Lipinski definition) is 0. The zero-order valence-corrected chi connectivity index (χ0v) is 14.3. The highest BCUT2D eigenvalue weighted by atomic mass is 19.4. The lowest BCUT2D eigenvalue weighted by molar-refractivity contribution is -0.275. The minimum absolute atomic E-state index is 0.0385. The molecule has 0 N–H and O–H groups in total. The van der Waals surface area contributed by atoms with E-state index in [0.717, 1.165) is 18.1 Å². The molecule has 0 atom stereocenters. The molecule has 3 aromatic carbocycles. The van der Waals surface area contributed by atoms with Gasteiger partial charge in [-0.05, 0) is 41.1 Å². The first-order chi connectivity index (χ1) is 12.8. The first kappa shape index (κ1) is 18.9. The zero-order chi connectivity index (χ0) is 19.6. The largest absolute Gasteiger partial charge is 0.573 e. The van der Waals surface area contributed by atoms with Gasteiger partial charge in [0.25, 0.3) is 0 Å². The van der Waals surface area contributed by atoms with Crippen LogP contribution in [0.4, 0.5) is 22.0 Å². The lowest BCUT2D eigenvalue weighted by Crippen LogP contribution is -2.17. The molecule has 0 aliphatic heterocycles. The zero-order valence-electron chi connectivity index (χ0n) is 14.3. The van der Waals surface area contributed by atoms with Gasteiger partial charge in [-0.3, -0.25) is 0 Å². The maximum Gasteiger partial charge on any atom is 0.573 e. The van der Waals surface area contributed by atoms with Crippen LogP contribution in [0, 0.1) is 11.6 Å². The number of hydrogen-bond acceptors (Lipinski definition) is 1. The van der Waals surface area contributed by atoms with E-state index >= 15 is 0 Å². The number of alkyl halides is 3. The highest BCUT2D eigenvalue weighted by Gasteiger charge is 2.32. The van der Waals surface area contributed by atoms with Crippen LogP contribution in [0.5, 0.6) is 5.75 Å². The molecule has 0 unspecified atom stereocenters. The second-order valence-corrected chi connectivity index (χ2v) is 5.91. The lowest BCUT2D eigenvalue weighted by Gasteiger charge is -2.12. The Bertz CT molecular complexity index is 1010. The third-order valence-electron chi connectivity index (χ3n) is 3.99. The van der Waals surface area contributed by atoms with E-state index in [1.165, 1.54) is 30.3 Å². The average molecular weight is 378 g/mol. The van der Waals surface area contributed by atoms with Crippen molar-refractivity contribution in [2.24, 2.45) is 0 Å². The van der Waals surface area contributed by atoms with Crippen LogP contribution in [0.3, 0.4) is 0 Å². The Kier molecular flexibility index (Phi) is 5.17. The van der Waals surface area contributed by atoms with E-state index in [2.05, 4.69) is 4.74 Å². The standard InChI is InChI=1S/C21H15F5O/c1-2-3-4-13-5-8-16(18(22)11-13)14-6-9-17-15(12-14)7-10-19(20(17)23)27-21(24,25)26/h3-12H,2H2,1H3. The van der Waals surface area contributed by atoms with E-state index < -0.39 is 23.7 Å². The molecule has 0 amide bonds. The van der Waals surface area contributed by atoms with Crippen molar-refractivity contribution < 1.29 is 26.7 Å². The Morgan fingerprint density at radius 3 is 2.41 bits per heavy atom. The molecule has 0 radical (unpaired) electrons. The van der Waals surface area contributed by atoms with Gasteiger partial charge in [0, 0.05) is 10.9 Å². The van der Waals surface area contributed by atoms with Crippen molar-refractivity contribution >= 4 is 16.8 Å². The Hall–Kier alpha value is -2.89. The third-order valence-corrected chi connectivity index (χ3v) is 3.99. The first-order valence-electron chi connectivity index (χ1n) is 8.23. The van der Waals surface area contributed by atoms with Gasteiger partial charge < -0.3 is 4.74 Å². The average Bonchev–Trinajstić information content (AvgIpc) is 2.61. The quantitative estimate of drug-likeness (QED) is 0.440. The maximum absolute atomic E-state index is 14.4. The second kappa shape index (κ2) is 7.39. The van der Waals surface area contributed by atoms with Gasteiger partial charge in [0.05, 0.1) is 0 Å². The maximum atomic E-state index is 14.4. The van der Waals surface area contributed by atoms with Gasteiger partial charge in [-0.2, -0.15) is 0 Å². The summed E-state index contributed by atoms with van der Waals surface area (Å²) in [7, 11) is 0. The number of benzene rings is 3. The predicted octanol–water partition coefficient (Wildman–Crippen LogP) is 7.11. The molecule has 0 aliphatic carbocycles. The molecular formula is C21H15F5O. The van der Waals surface area contributed by atoms with Crippen molar-refractivity contribution in [1.82, 2.24) is 0 Å². The molecule has 0 bridgehead atoms. The summed E-state index contributed by atoms with van der Waals surface area (Å²) >= 11 is 0. The van der Waals surface area contributed by atoms with Crippen LogP contribution >= 0.6 is 0 Å². The summed E-state index contributed by atoms with van der Waals surface area (Å²) in [5.41, 5.74) is 1.54. The minimum atomic E-state index is -4.98. The topological polar surface area (TPSA) is 9.23 Å². The summed E-state index contributed by atoms with van der Waals surface area (Å²) in [6.07, 6.45) is -0.427. The summed E-state index contributed by atoms with van der Waals surface area (Å²) < 4.78 is 69.4. The van der Waals surface area contributed by atoms with Crippen LogP contribution < -0.4 is 4.74 Å². The molecule has 0 saturated carbocycles. The Morgan fingerprint density at radius 1 is 0.963 bits per heavy atom. The molecule has 0 aromatic heterocycles. The molecule has 0 spiro atoms. The normalized spacial score (nSPS) is 12.1. The van der Waals surface area contributed by atoms with E-state index in [-0.39, 0.29) is 5.39 Å². The van der Waals surface area contributed by atoms with Gasteiger partial charge in [0.15, 0.2) is 11.6 Å². The molecular weight excluding hydrogens is 363 g/mol. The predicted molar refractivity (Wildman–Crippen MR) is 95.3 cm³/mol. The van der Waals surface area contributed by atoms with E-state index in [9.17, 15) is 22.0 Å². The summed E-state index contributed by atoms with van der Waals surface area (Å²) in [5, 5.41) is 0.303. The molecule has 0 heterocycles. The number of halogens is 5. The van der Waals surface area contributed by atoms with Crippen LogP contribution in [0.2, 0.25) is 0 Å². The van der Waals surface area contributed by atoms with Gasteiger partial charge in [-0.25, -0.2) is 8.78 Å². The third kappa shape index (κ3) is 4.27. The number of rotatable bonds is 4. The fraction of sp³-hybridized carbons (Fsp3) is 0.143. The van der Waals surface area contributed by atoms with Crippen molar-refractivity contribution in [3.63, 3.8) is 0 Å². The summed E-state index contributed by atoms with van der Waals surface area (Å²) in [5.74, 6) is -2.46. The number of allylic oxidation sites excluding steroid dienone is 1. The Balaban J connectivity index is 2.00. The van der Waals surface area contributed by atoms with Crippen molar-refractivity contribution in [2.75, 3.05) is 0 Å². The summed E-state index contributed by atoms with van der Waals surface area (Å²) in [4.78, 5) is 0. The smallest absolute Gasteiger partial charge is 0.403 e. The van der Waals surface area contributed by atoms with Gasteiger partial charge in [-0.1, -0.05) is 49.4 Å². The highest BCUT2D eigenvalue weighted by Crippen LogP contribution is 2.33. The molecule has 27 heavy (non-hydrogen) atoms. The van der Waals surface area contributed by atoms with Crippen molar-refractivity contribution in [1.29, 1.82) is 0 Å². The SMILES string of the molecule is CCC=Cc1ccc(-c2ccc3c(F)c(OC(F)(F)F)ccc3c2)c(F)c1. The molecule has 3 aromatic rings. The van der Waals surface area contributed by atoms with Crippen molar-refractivity contribution in [3.8, 4) is 16.9 Å². The lowest BCUT2D eigenvalue weighted by atomic mass is 9.99. The second-order valence-electron chi connectivity index (χ2n) is 5.91. The van der Waals surface area contributed by atoms with Gasteiger partial charge >= 0.3 is 6.36 Å². The van der Waals surface area contributed by atoms with E-state index in [4.69, 9.17) is 0 Å². The van der Waals surface area contributed by atoms with Gasteiger partial charge in [0.2, 0.25) is 0 Å². The van der Waals surface area contributed by atoms with Crippen LogP contribution in [-0.2, 0) is 0 Å². The highest BCUT2D eigenvalue weighted by molar-refractivity contribution is 5.89. The number of ether oxygens (including phenoxy) is 1. The molecule has 140 valence electrons. The molecule has 0 aliphatic rings. The molecule has 3 rings (SSSR count). The van der Waals surface area contributed by atoms with Crippen LogP contribution in [0.25, 0.3) is 28.0 Å². The minimum Gasteiger partial charge on any atom is -0.403 e. The molecule has 0 saturated heterocycles. The van der Waals surface area contributed by atoms with E-state index in [1.807, 2.05) is 19.1 Å². The Morgan fingerprint density at radius 2 is 1.74 bits per heavy atom. The van der Waals surface area contributed by atoms with Gasteiger partial charge in [0.1, 0.15) is 5.82 Å². The van der Waals surface area contributed by atoms with Crippen LogP contribution in [0.15, 0.2) is 54.6 Å². The fourth-order valence-electron chi connectivity index (χ4n) is 2.77. The molecule has 1 nitrogen and oxygen atoms in total. The van der Waals surface area contributed by atoms with Crippen molar-refractivity contribution in [2.45, 2.75) is 19.7 Å². The van der Waals surface area contributed by atoms with Crippen LogP contribution in [0.1, 0.15) is 18.9 Å². The van der Waals surface area contributed by atoms with Crippen molar-refractivity contribution in [3.05, 3.63) is 71.8 Å². The summed E-state index contributed by atoms with van der Waals surface area (Å²) in [6, 6.07) is 11.3. The summed E-state index contributed by atoms with van der Waals surface area (Å²) in [6.45, 7) is 1.97. The van der Waals surface area contributed by atoms with Crippen LogP contribution in [-0.4, -0.2) is 6.36 Å². The monoisotopic (exact) mass is 378 g/mol. The first-order valence-corrected chi connectivity index (χ1v) is 8.23. The van der Waals surface area contributed by atoms with E-state index in [1.54, 1.807) is 12.1 Å². The van der Waals surface area contributed by atoms with Gasteiger partial charge in [-0.15, -0.1) is 13.2 Å². The molecule has 6 heteroatoms. The fourth-order valence-corrected chi connectivity index (χ4v) is 2.77.